The summed E-state index contributed by atoms with van der Waals surface area (Å²) in [5.41, 5.74) is 3.29. The molecule has 0 saturated heterocycles. The van der Waals surface area contributed by atoms with Gasteiger partial charge in [-0.2, -0.15) is 4.90 Å². The van der Waals surface area contributed by atoms with Gasteiger partial charge in [-0.25, -0.2) is 4.79 Å². The molecule has 4 rings (SSSR count). The van der Waals surface area contributed by atoms with Gasteiger partial charge in [-0.1, -0.05) is 15.9 Å². The number of methoxy groups -OCH3 is 1. The molecule has 4 nitrogen and oxygen atoms in total. The summed E-state index contributed by atoms with van der Waals surface area (Å²) in [6.07, 6.45) is 6.41. The maximum absolute atomic E-state index is 11.3. The molecule has 148 valence electrons. The molecule has 1 aromatic heterocycles. The van der Waals surface area contributed by atoms with E-state index in [1.165, 1.54) is 22.9 Å². The van der Waals surface area contributed by atoms with Crippen molar-refractivity contribution in [2.75, 3.05) is 19.1 Å². The molecule has 3 aromatic rings. The van der Waals surface area contributed by atoms with E-state index in [1.807, 2.05) is 48.4 Å². The number of benzene rings is 2. The average molecular weight is 844 g/mol. The number of fused-ring (bicyclic) bond motifs is 2. The number of halogens is 5. The Morgan fingerprint density at radius 3 is 2.43 bits per heavy atom. The zero-order valence-corrected chi connectivity index (χ0v) is 24.4. The van der Waals surface area contributed by atoms with Crippen molar-refractivity contribution in [1.82, 2.24) is 4.57 Å². The monoisotopic (exact) mass is 842 g/mol. The number of carbonyl (C=O) groups excluding carboxylic acids is 1. The summed E-state index contributed by atoms with van der Waals surface area (Å²) in [7, 11) is 3.36. The normalized spacial score (nSPS) is 11.1. The standard InChI is InChI=1S/C10H8BrNO2.C9H7BrN.I3/c1-14-10(13)12-5-4-7-6-8(11)2-3-9(7)12;1-11-5-4-7-6-8(10)2-3-9(7)11;1-3-2/h2-6H,1H3;2-4,6H,1H3;/q;+1;-1. The summed E-state index contributed by atoms with van der Waals surface area (Å²) in [6, 6.07) is 13.8. The molecule has 0 saturated carbocycles. The van der Waals surface area contributed by atoms with Crippen LogP contribution < -0.4 is 18.2 Å². The average Bonchev–Trinajstić information content (AvgIpc) is 3.25. The fourth-order valence-electron chi connectivity index (χ4n) is 2.55. The third-order valence-electron chi connectivity index (χ3n) is 3.79. The molecule has 1 aliphatic heterocycles. The molecule has 0 atom stereocenters. The Balaban J connectivity index is 0.000000180. The topological polar surface area (TPSA) is 34.5 Å². The molecule has 9 heteroatoms. The minimum atomic E-state index is -0.373. The number of rotatable bonds is 0. The van der Waals surface area contributed by atoms with E-state index < -0.39 is 0 Å². The van der Waals surface area contributed by atoms with Crippen molar-refractivity contribution in [1.29, 1.82) is 0 Å². The Morgan fingerprint density at radius 1 is 1.11 bits per heavy atom. The fraction of sp³-hybridized carbons (Fsp3) is 0.105. The predicted octanol–water partition coefficient (Wildman–Crippen LogP) is 4.47. The number of ether oxygens (including phenoxy) is 1. The molecule has 0 fully saturated rings. The Labute approximate surface area is 210 Å². The summed E-state index contributed by atoms with van der Waals surface area (Å²) in [4.78, 5) is 13.3. The molecular weight excluding hydrogens is 829 g/mol. The van der Waals surface area contributed by atoms with Crippen LogP contribution in [0.2, 0.25) is 0 Å². The van der Waals surface area contributed by atoms with E-state index in [2.05, 4.69) is 92.2 Å². The maximum atomic E-state index is 11.3. The number of aromatic nitrogens is 1. The van der Waals surface area contributed by atoms with Crippen LogP contribution in [0.5, 0.6) is 0 Å². The molecule has 0 bridgehead atoms. The van der Waals surface area contributed by atoms with Crippen LogP contribution in [0.1, 0.15) is 5.56 Å². The van der Waals surface area contributed by atoms with Crippen molar-refractivity contribution in [3.63, 3.8) is 0 Å². The van der Waals surface area contributed by atoms with Gasteiger partial charge >= 0.3 is 56.6 Å². The number of carbonyl (C=O) groups is 1. The number of nitrogens with zero attached hydrogens (tertiary/aromatic N) is 2. The van der Waals surface area contributed by atoms with Crippen molar-refractivity contribution in [3.8, 4) is 0 Å². The van der Waals surface area contributed by atoms with Gasteiger partial charge in [-0.05, 0) is 46.3 Å². The predicted molar refractivity (Wildman–Crippen MR) is 136 cm³/mol. The summed E-state index contributed by atoms with van der Waals surface area (Å²) in [5.74, 6) is 0. The first kappa shape index (κ1) is 24.3. The minimum absolute atomic E-state index is 0.373. The van der Waals surface area contributed by atoms with Crippen molar-refractivity contribution in [2.45, 2.75) is 0 Å². The summed E-state index contributed by atoms with van der Waals surface area (Å²) in [6.45, 7) is 0. The van der Waals surface area contributed by atoms with Crippen molar-refractivity contribution in [2.24, 2.45) is 0 Å². The van der Waals surface area contributed by atoms with Crippen LogP contribution in [0, 0.1) is 6.20 Å². The van der Waals surface area contributed by atoms with E-state index in [0.717, 1.165) is 19.8 Å². The van der Waals surface area contributed by atoms with Gasteiger partial charge in [-0.15, -0.1) is 0 Å². The molecule has 28 heavy (non-hydrogen) atoms. The zero-order chi connectivity index (χ0) is 20.7. The SMILES string of the molecule is CN1[C+]=Cc2cc(Br)ccc21.COC(=O)n1ccc2cc(Br)ccc21.I[I-]I. The molecule has 2 heterocycles. The van der Waals surface area contributed by atoms with E-state index in [9.17, 15) is 4.79 Å². The third kappa shape index (κ3) is 6.53. The first-order valence-electron chi connectivity index (χ1n) is 7.76. The van der Waals surface area contributed by atoms with E-state index in [1.54, 1.807) is 6.20 Å². The van der Waals surface area contributed by atoms with Gasteiger partial charge in [0.05, 0.1) is 12.6 Å². The number of hydrogen-bond acceptors (Lipinski definition) is 3. The second kappa shape index (κ2) is 12.0. The summed E-state index contributed by atoms with van der Waals surface area (Å²) < 4.78 is 8.23. The van der Waals surface area contributed by atoms with Gasteiger partial charge in [0.25, 0.3) is 0 Å². The summed E-state index contributed by atoms with van der Waals surface area (Å²) in [5, 5.41) is 1.00. The van der Waals surface area contributed by atoms with Gasteiger partial charge in [0.2, 0.25) is 5.69 Å². The number of hydrogen-bond donors (Lipinski definition) is 0. The van der Waals surface area contributed by atoms with Crippen LogP contribution >= 0.6 is 69.1 Å². The van der Waals surface area contributed by atoms with Crippen LogP contribution in [0.15, 0.2) is 57.6 Å². The second-order valence-electron chi connectivity index (χ2n) is 5.45. The molecule has 0 radical (unpaired) electrons. The van der Waals surface area contributed by atoms with Crippen LogP contribution in [-0.2, 0) is 4.74 Å². The molecule has 0 spiro atoms. The van der Waals surface area contributed by atoms with Crippen LogP contribution in [0.3, 0.4) is 0 Å². The van der Waals surface area contributed by atoms with Gasteiger partial charge in [0, 0.05) is 39.7 Å². The molecule has 0 unspecified atom stereocenters. The second-order valence-corrected chi connectivity index (χ2v) is 23.5. The molecule has 0 N–H and O–H groups in total. The van der Waals surface area contributed by atoms with E-state index >= 15 is 0 Å². The Bertz CT molecular complexity index is 992. The van der Waals surface area contributed by atoms with Crippen molar-refractivity contribution < 1.29 is 22.8 Å². The van der Waals surface area contributed by atoms with Gasteiger partial charge in [0.1, 0.15) is 12.3 Å². The van der Waals surface area contributed by atoms with Gasteiger partial charge in [-0.3, -0.25) is 4.57 Å². The first-order valence-corrected chi connectivity index (χ1v) is 21.9. The molecular formula is C19H15Br2I3N2O2. The third-order valence-corrected chi connectivity index (χ3v) is 4.77. The Hall–Kier alpha value is 0.0500. The van der Waals surface area contributed by atoms with Crippen molar-refractivity contribution in [3.05, 3.63) is 69.4 Å². The number of anilines is 1. The van der Waals surface area contributed by atoms with Gasteiger partial charge in [0.15, 0.2) is 5.56 Å². The van der Waals surface area contributed by atoms with Crippen LogP contribution in [0.4, 0.5) is 10.5 Å². The van der Waals surface area contributed by atoms with Crippen molar-refractivity contribution >= 4 is 97.9 Å². The van der Waals surface area contributed by atoms with Crippen LogP contribution in [-0.4, -0.2) is 24.8 Å². The molecule has 1 aliphatic rings. The zero-order valence-electron chi connectivity index (χ0n) is 14.8. The van der Waals surface area contributed by atoms with Crippen LogP contribution in [0.25, 0.3) is 17.0 Å². The van der Waals surface area contributed by atoms with E-state index in [-0.39, 0.29) is 6.09 Å². The quantitative estimate of drug-likeness (QED) is 0.248. The Morgan fingerprint density at radius 2 is 1.75 bits per heavy atom. The molecule has 0 aliphatic carbocycles. The Kier molecular flexibility index (Phi) is 10.5. The van der Waals surface area contributed by atoms with E-state index in [0.29, 0.717) is 13.3 Å². The first-order chi connectivity index (χ1) is 13.4. The van der Waals surface area contributed by atoms with Gasteiger partial charge < -0.3 is 4.74 Å². The molecule has 0 amide bonds. The molecule has 2 aromatic carbocycles. The fourth-order valence-corrected chi connectivity index (χ4v) is 3.31. The van der Waals surface area contributed by atoms with E-state index in [4.69, 9.17) is 0 Å². The summed E-state index contributed by atoms with van der Waals surface area (Å²) >= 11 is 12.1.